The number of aryl methyl sites for hydroxylation is 2. The fraction of sp³-hybridized carbons (Fsp3) is 0.818. The maximum absolute atomic E-state index is 5.45. The van der Waals surface area contributed by atoms with Gasteiger partial charge in [-0.2, -0.15) is 0 Å². The molecule has 0 aliphatic heterocycles. The maximum Gasteiger partial charge on any atom is 0.0827 e. The summed E-state index contributed by atoms with van der Waals surface area (Å²) in [6, 6.07) is 0. The molecule has 16 heavy (non-hydrogen) atoms. The van der Waals surface area contributed by atoms with E-state index in [4.69, 9.17) is 5.73 Å². The average molecular weight is 225 g/mol. The van der Waals surface area contributed by atoms with Gasteiger partial charge in [-0.25, -0.2) is 0 Å². The van der Waals surface area contributed by atoms with Crippen molar-refractivity contribution in [2.45, 2.75) is 32.2 Å². The van der Waals surface area contributed by atoms with Gasteiger partial charge < -0.3 is 10.6 Å². The van der Waals surface area contributed by atoms with E-state index in [-0.39, 0.29) is 0 Å². The van der Waals surface area contributed by atoms with Crippen molar-refractivity contribution in [2.24, 2.45) is 5.73 Å². The molecule has 0 saturated carbocycles. The standard InChI is InChI=1S/C11H23N5/c1-15(2)8-5-9-16-10-11(13-14-16)6-3-4-7-12/h10H,3-9,12H2,1-2H3. The lowest BCUT2D eigenvalue weighted by Crippen LogP contribution is -2.15. The predicted molar refractivity (Wildman–Crippen MR) is 65.2 cm³/mol. The fourth-order valence-electron chi connectivity index (χ4n) is 1.56. The molecule has 0 spiro atoms. The smallest absolute Gasteiger partial charge is 0.0827 e. The highest BCUT2D eigenvalue weighted by Crippen LogP contribution is 2.01. The zero-order valence-corrected chi connectivity index (χ0v) is 10.4. The van der Waals surface area contributed by atoms with Gasteiger partial charge in [0.25, 0.3) is 0 Å². The topological polar surface area (TPSA) is 60.0 Å². The van der Waals surface area contributed by atoms with Crippen LogP contribution in [-0.2, 0) is 13.0 Å². The molecular formula is C11H23N5. The zero-order valence-electron chi connectivity index (χ0n) is 10.4. The Morgan fingerprint density at radius 3 is 2.81 bits per heavy atom. The molecule has 0 amide bonds. The van der Waals surface area contributed by atoms with E-state index >= 15 is 0 Å². The van der Waals surface area contributed by atoms with Crippen LogP contribution >= 0.6 is 0 Å². The Morgan fingerprint density at radius 2 is 2.12 bits per heavy atom. The van der Waals surface area contributed by atoms with Gasteiger partial charge in [-0.05, 0) is 52.9 Å². The van der Waals surface area contributed by atoms with Crippen molar-refractivity contribution in [3.63, 3.8) is 0 Å². The molecule has 2 N–H and O–H groups in total. The van der Waals surface area contributed by atoms with E-state index in [0.29, 0.717) is 0 Å². The molecule has 0 saturated heterocycles. The van der Waals surface area contributed by atoms with Crippen LogP contribution in [0.25, 0.3) is 0 Å². The molecule has 0 aliphatic carbocycles. The predicted octanol–water partition coefficient (Wildman–Crippen LogP) is 0.511. The van der Waals surface area contributed by atoms with Crippen LogP contribution in [0.2, 0.25) is 0 Å². The summed E-state index contributed by atoms with van der Waals surface area (Å²) < 4.78 is 1.93. The molecule has 5 heteroatoms. The second-order valence-electron chi connectivity index (χ2n) is 4.38. The number of hydrogen-bond donors (Lipinski definition) is 1. The first-order chi connectivity index (χ1) is 7.72. The fourth-order valence-corrected chi connectivity index (χ4v) is 1.56. The van der Waals surface area contributed by atoms with Gasteiger partial charge in [0.2, 0.25) is 0 Å². The summed E-state index contributed by atoms with van der Waals surface area (Å²) in [6.45, 7) is 2.79. The second-order valence-corrected chi connectivity index (χ2v) is 4.38. The Hall–Kier alpha value is -0.940. The molecule has 0 unspecified atom stereocenters. The van der Waals surface area contributed by atoms with Crippen molar-refractivity contribution in [3.05, 3.63) is 11.9 Å². The van der Waals surface area contributed by atoms with Crippen molar-refractivity contribution >= 4 is 0 Å². The Bertz CT molecular complexity index is 282. The van der Waals surface area contributed by atoms with Gasteiger partial charge in [0, 0.05) is 12.7 Å². The second kappa shape index (κ2) is 7.35. The number of nitrogens with two attached hydrogens (primary N) is 1. The summed E-state index contributed by atoms with van der Waals surface area (Å²) in [5, 5.41) is 8.25. The Labute approximate surface area is 97.6 Å². The largest absolute Gasteiger partial charge is 0.330 e. The summed E-state index contributed by atoms with van der Waals surface area (Å²) >= 11 is 0. The first-order valence-electron chi connectivity index (χ1n) is 5.96. The summed E-state index contributed by atoms with van der Waals surface area (Å²) in [4.78, 5) is 2.18. The van der Waals surface area contributed by atoms with E-state index < -0.39 is 0 Å². The quantitative estimate of drug-likeness (QED) is 0.655. The highest BCUT2D eigenvalue weighted by molar-refractivity contribution is 4.92. The molecule has 0 aromatic carbocycles. The average Bonchev–Trinajstić information content (AvgIpc) is 2.66. The molecular weight excluding hydrogens is 202 g/mol. The van der Waals surface area contributed by atoms with Crippen molar-refractivity contribution in [1.82, 2.24) is 19.9 Å². The first kappa shape index (κ1) is 13.1. The number of aromatic nitrogens is 3. The van der Waals surface area contributed by atoms with Crippen LogP contribution in [0, 0.1) is 0 Å². The maximum atomic E-state index is 5.45. The van der Waals surface area contributed by atoms with Crippen LogP contribution in [0.5, 0.6) is 0 Å². The van der Waals surface area contributed by atoms with Crippen LogP contribution < -0.4 is 5.73 Å². The van der Waals surface area contributed by atoms with Crippen LogP contribution in [0.1, 0.15) is 25.0 Å². The van der Waals surface area contributed by atoms with E-state index in [0.717, 1.165) is 51.0 Å². The molecule has 1 rings (SSSR count). The zero-order chi connectivity index (χ0) is 11.8. The third kappa shape index (κ3) is 5.23. The molecule has 0 aliphatic rings. The Kier molecular flexibility index (Phi) is 6.03. The van der Waals surface area contributed by atoms with E-state index in [9.17, 15) is 0 Å². The molecule has 1 heterocycles. The van der Waals surface area contributed by atoms with Crippen molar-refractivity contribution in [3.8, 4) is 0 Å². The highest BCUT2D eigenvalue weighted by atomic mass is 15.4. The van der Waals surface area contributed by atoms with Crippen molar-refractivity contribution in [2.75, 3.05) is 27.2 Å². The van der Waals surface area contributed by atoms with Crippen LogP contribution in [0.4, 0.5) is 0 Å². The lowest BCUT2D eigenvalue weighted by Gasteiger charge is -2.08. The lowest BCUT2D eigenvalue weighted by atomic mass is 10.2. The van der Waals surface area contributed by atoms with E-state index in [1.54, 1.807) is 0 Å². The molecule has 0 bridgehead atoms. The van der Waals surface area contributed by atoms with Crippen LogP contribution in [-0.4, -0.2) is 47.1 Å². The van der Waals surface area contributed by atoms with Crippen molar-refractivity contribution < 1.29 is 0 Å². The van der Waals surface area contributed by atoms with Gasteiger partial charge in [0.15, 0.2) is 0 Å². The number of hydrogen-bond acceptors (Lipinski definition) is 4. The van der Waals surface area contributed by atoms with Gasteiger partial charge in [0.1, 0.15) is 0 Å². The number of unbranched alkanes of at least 4 members (excludes halogenated alkanes) is 1. The monoisotopic (exact) mass is 225 g/mol. The summed E-state index contributed by atoms with van der Waals surface area (Å²) in [5.74, 6) is 0. The number of rotatable bonds is 8. The first-order valence-corrected chi connectivity index (χ1v) is 5.96. The number of nitrogens with zero attached hydrogens (tertiary/aromatic N) is 4. The molecule has 0 atom stereocenters. The summed E-state index contributed by atoms with van der Waals surface area (Å²) in [5.41, 5.74) is 6.53. The molecule has 1 aromatic heterocycles. The minimum atomic E-state index is 0.761. The summed E-state index contributed by atoms with van der Waals surface area (Å²) in [6.07, 6.45) is 6.32. The molecule has 0 radical (unpaired) electrons. The van der Waals surface area contributed by atoms with Gasteiger partial charge in [-0.1, -0.05) is 5.21 Å². The molecule has 1 aromatic rings. The Morgan fingerprint density at radius 1 is 1.31 bits per heavy atom. The van der Waals surface area contributed by atoms with E-state index in [2.05, 4.69) is 29.3 Å². The van der Waals surface area contributed by atoms with Crippen LogP contribution in [0.15, 0.2) is 6.20 Å². The van der Waals surface area contributed by atoms with Gasteiger partial charge in [0.05, 0.1) is 5.69 Å². The summed E-state index contributed by atoms with van der Waals surface area (Å²) in [7, 11) is 4.17. The minimum Gasteiger partial charge on any atom is -0.330 e. The lowest BCUT2D eigenvalue weighted by molar-refractivity contribution is 0.379. The molecule has 5 nitrogen and oxygen atoms in total. The van der Waals surface area contributed by atoms with E-state index in [1.807, 2.05) is 10.9 Å². The minimum absolute atomic E-state index is 0.761. The van der Waals surface area contributed by atoms with Gasteiger partial charge >= 0.3 is 0 Å². The van der Waals surface area contributed by atoms with Gasteiger partial charge in [-0.3, -0.25) is 4.68 Å². The SMILES string of the molecule is CN(C)CCCn1cc(CCCCN)nn1. The normalized spacial score (nSPS) is 11.2. The van der Waals surface area contributed by atoms with Gasteiger partial charge in [-0.15, -0.1) is 5.10 Å². The molecule has 0 fully saturated rings. The Balaban J connectivity index is 2.22. The van der Waals surface area contributed by atoms with Crippen LogP contribution in [0.3, 0.4) is 0 Å². The third-order valence-electron chi connectivity index (χ3n) is 2.47. The van der Waals surface area contributed by atoms with E-state index in [1.165, 1.54) is 0 Å². The molecule has 92 valence electrons. The highest BCUT2D eigenvalue weighted by Gasteiger charge is 2.00. The third-order valence-corrected chi connectivity index (χ3v) is 2.47. The van der Waals surface area contributed by atoms with Crippen molar-refractivity contribution in [1.29, 1.82) is 0 Å².